The number of rotatable bonds is 0. The Kier molecular flexibility index (Phi) is 3.31. The van der Waals surface area contributed by atoms with Crippen LogP contribution in [0.1, 0.15) is 12.8 Å². The molecule has 0 aromatic carbocycles. The van der Waals surface area contributed by atoms with Crippen LogP contribution in [0.2, 0.25) is 0 Å². The molecular weight excluding hydrogens is 160 g/mol. The van der Waals surface area contributed by atoms with Crippen molar-refractivity contribution in [1.82, 2.24) is 0 Å². The first kappa shape index (κ1) is 8.48. The van der Waals surface area contributed by atoms with Crippen LogP contribution < -0.4 is 0 Å². The molecule has 0 bridgehead atoms. The zero-order valence-corrected chi connectivity index (χ0v) is 6.99. The molecule has 0 aromatic heterocycles. The van der Waals surface area contributed by atoms with Crippen LogP contribution in [-0.4, -0.2) is 22.6 Å². The highest BCUT2D eigenvalue weighted by molar-refractivity contribution is 7.99. The molecule has 0 spiro atoms. The smallest absolute Gasteiger partial charge is 0.381 e. The van der Waals surface area contributed by atoms with Crippen molar-refractivity contribution in [1.29, 1.82) is 0 Å². The van der Waals surface area contributed by atoms with Crippen molar-refractivity contribution >= 4 is 17.7 Å². The van der Waals surface area contributed by atoms with E-state index in [2.05, 4.69) is 11.8 Å². The van der Waals surface area contributed by atoms with E-state index in [4.69, 9.17) is 5.11 Å². The molecule has 2 nitrogen and oxygen atoms in total. The van der Waals surface area contributed by atoms with Gasteiger partial charge in [0.25, 0.3) is 0 Å². The number of thioether (sulfide) groups is 1. The Morgan fingerprint density at radius 1 is 1.64 bits per heavy atom. The Morgan fingerprint density at radius 2 is 2.45 bits per heavy atom. The van der Waals surface area contributed by atoms with Gasteiger partial charge in [-0.05, 0) is 18.6 Å². The van der Waals surface area contributed by atoms with Crippen molar-refractivity contribution in [2.75, 3.05) is 11.5 Å². The monoisotopic (exact) mass is 170 g/mol. The van der Waals surface area contributed by atoms with Crippen LogP contribution in [-0.2, 0) is 4.79 Å². The van der Waals surface area contributed by atoms with E-state index in [0.717, 1.165) is 12.2 Å². The molecule has 1 atom stereocenters. The lowest BCUT2D eigenvalue weighted by Gasteiger charge is -2.14. The molecule has 1 fully saturated rings. The molecule has 11 heavy (non-hydrogen) atoms. The summed E-state index contributed by atoms with van der Waals surface area (Å²) in [4.78, 5) is 10.1. The molecule has 0 aliphatic carbocycles. The highest BCUT2D eigenvalue weighted by atomic mass is 32.2. The van der Waals surface area contributed by atoms with Crippen LogP contribution in [0.5, 0.6) is 0 Å². The maximum absolute atomic E-state index is 10.1. The molecule has 1 saturated heterocycles. The fourth-order valence-corrected chi connectivity index (χ4v) is 2.09. The number of carbonyl (C=O) groups is 1. The van der Waals surface area contributed by atoms with Crippen LogP contribution in [0, 0.1) is 17.8 Å². The van der Waals surface area contributed by atoms with Crippen molar-refractivity contribution in [3.63, 3.8) is 0 Å². The molecule has 1 rings (SSSR count). The second kappa shape index (κ2) is 4.30. The molecule has 0 amide bonds. The van der Waals surface area contributed by atoms with Crippen LogP contribution >= 0.6 is 11.8 Å². The van der Waals surface area contributed by atoms with Gasteiger partial charge < -0.3 is 5.11 Å². The number of carboxylic acids is 1. The van der Waals surface area contributed by atoms with Gasteiger partial charge in [0.2, 0.25) is 0 Å². The van der Waals surface area contributed by atoms with Gasteiger partial charge in [-0.15, -0.1) is 0 Å². The molecule has 1 aliphatic rings. The molecule has 1 N–H and O–H groups in total. The summed E-state index contributed by atoms with van der Waals surface area (Å²) in [6, 6.07) is 0. The predicted octanol–water partition coefficient (Wildman–Crippen LogP) is 1.22. The van der Waals surface area contributed by atoms with Crippen LogP contribution in [0.15, 0.2) is 0 Å². The largest absolute Gasteiger partial charge is 0.472 e. The molecule has 0 saturated carbocycles. The fraction of sp³-hybridized carbons (Fsp3) is 0.625. The number of hydrogen-bond acceptors (Lipinski definition) is 2. The molecule has 0 radical (unpaired) electrons. The van der Waals surface area contributed by atoms with Gasteiger partial charge in [0.15, 0.2) is 0 Å². The zero-order chi connectivity index (χ0) is 8.10. The van der Waals surface area contributed by atoms with Gasteiger partial charge in [-0.2, -0.15) is 11.8 Å². The summed E-state index contributed by atoms with van der Waals surface area (Å²) in [5.74, 6) is 6.42. The first-order valence-electron chi connectivity index (χ1n) is 3.61. The summed E-state index contributed by atoms with van der Waals surface area (Å²) in [7, 11) is 0. The number of carboxylic acid groups (broad SMARTS) is 1. The van der Waals surface area contributed by atoms with Crippen molar-refractivity contribution in [3.05, 3.63) is 0 Å². The average Bonchev–Trinajstić information content (AvgIpc) is 2.03. The Bertz CT molecular complexity index is 196. The normalized spacial score (nSPS) is 23.5. The van der Waals surface area contributed by atoms with E-state index < -0.39 is 5.97 Å². The van der Waals surface area contributed by atoms with E-state index in [1.54, 1.807) is 0 Å². The van der Waals surface area contributed by atoms with Gasteiger partial charge in [-0.1, -0.05) is 5.92 Å². The minimum Gasteiger partial charge on any atom is -0.472 e. The third kappa shape index (κ3) is 3.33. The Balaban J connectivity index is 2.36. The minimum atomic E-state index is -1.01. The SMILES string of the molecule is O=C(O)C#CC1CCCSC1. The molecule has 1 heterocycles. The topological polar surface area (TPSA) is 37.3 Å². The summed E-state index contributed by atoms with van der Waals surface area (Å²) >= 11 is 1.86. The Morgan fingerprint density at radius 3 is 3.00 bits per heavy atom. The second-order valence-corrected chi connectivity index (χ2v) is 3.64. The summed E-state index contributed by atoms with van der Waals surface area (Å²) in [5.41, 5.74) is 0. The maximum Gasteiger partial charge on any atom is 0.381 e. The molecule has 3 heteroatoms. The summed E-state index contributed by atoms with van der Waals surface area (Å²) < 4.78 is 0. The lowest BCUT2D eigenvalue weighted by Crippen LogP contribution is -2.08. The van der Waals surface area contributed by atoms with Gasteiger partial charge >= 0.3 is 5.97 Å². The third-order valence-corrected chi connectivity index (χ3v) is 2.76. The Hall–Kier alpha value is -0.620. The lowest BCUT2D eigenvalue weighted by molar-refractivity contribution is -0.130. The molecule has 60 valence electrons. The van der Waals surface area contributed by atoms with Gasteiger partial charge in [-0.3, -0.25) is 0 Å². The van der Waals surface area contributed by atoms with Gasteiger partial charge in [-0.25, -0.2) is 4.79 Å². The lowest BCUT2D eigenvalue weighted by atomic mass is 10.1. The predicted molar refractivity (Wildman–Crippen MR) is 45.5 cm³/mol. The quantitative estimate of drug-likeness (QED) is 0.555. The molecular formula is C8H10O2S. The summed E-state index contributed by atoms with van der Waals surface area (Å²) in [5, 5.41) is 8.26. The van der Waals surface area contributed by atoms with E-state index in [1.807, 2.05) is 11.8 Å². The van der Waals surface area contributed by atoms with E-state index in [0.29, 0.717) is 5.92 Å². The number of hydrogen-bond donors (Lipinski definition) is 1. The van der Waals surface area contributed by atoms with Crippen molar-refractivity contribution < 1.29 is 9.90 Å². The van der Waals surface area contributed by atoms with E-state index >= 15 is 0 Å². The third-order valence-electron chi connectivity index (χ3n) is 1.54. The standard InChI is InChI=1S/C8H10O2S/c9-8(10)4-3-7-2-1-5-11-6-7/h7H,1-2,5-6H2,(H,9,10). The highest BCUT2D eigenvalue weighted by Gasteiger charge is 2.10. The van der Waals surface area contributed by atoms with E-state index in [-0.39, 0.29) is 0 Å². The van der Waals surface area contributed by atoms with Crippen molar-refractivity contribution in [2.24, 2.45) is 5.92 Å². The highest BCUT2D eigenvalue weighted by Crippen LogP contribution is 2.21. The molecule has 1 aliphatic heterocycles. The minimum absolute atomic E-state index is 0.310. The molecule has 1 unspecified atom stereocenters. The maximum atomic E-state index is 10.1. The molecule has 0 aromatic rings. The summed E-state index contributed by atoms with van der Waals surface area (Å²) in [6.45, 7) is 0. The van der Waals surface area contributed by atoms with E-state index in [1.165, 1.54) is 12.2 Å². The summed E-state index contributed by atoms with van der Waals surface area (Å²) in [6.07, 6.45) is 2.23. The zero-order valence-electron chi connectivity index (χ0n) is 6.17. The van der Waals surface area contributed by atoms with Crippen molar-refractivity contribution in [3.8, 4) is 11.8 Å². The van der Waals surface area contributed by atoms with Crippen molar-refractivity contribution in [2.45, 2.75) is 12.8 Å². The second-order valence-electron chi connectivity index (χ2n) is 2.49. The van der Waals surface area contributed by atoms with E-state index in [9.17, 15) is 4.79 Å². The average molecular weight is 170 g/mol. The van der Waals surface area contributed by atoms with Crippen LogP contribution in [0.4, 0.5) is 0 Å². The Labute approximate surface area is 70.4 Å². The van der Waals surface area contributed by atoms with Crippen LogP contribution in [0.3, 0.4) is 0 Å². The fourth-order valence-electron chi connectivity index (χ4n) is 1.02. The van der Waals surface area contributed by atoms with Gasteiger partial charge in [0.1, 0.15) is 0 Å². The van der Waals surface area contributed by atoms with Gasteiger partial charge in [0.05, 0.1) is 0 Å². The van der Waals surface area contributed by atoms with Gasteiger partial charge in [0, 0.05) is 17.6 Å². The first-order chi connectivity index (χ1) is 5.29. The number of aliphatic carboxylic acids is 1. The van der Waals surface area contributed by atoms with Crippen LogP contribution in [0.25, 0.3) is 0 Å². The first-order valence-corrected chi connectivity index (χ1v) is 4.76.